The molecule has 112 valence electrons. The van der Waals surface area contributed by atoms with Crippen molar-refractivity contribution in [3.63, 3.8) is 0 Å². The number of hydrogen-bond acceptors (Lipinski definition) is 3. The first-order chi connectivity index (χ1) is 9.34. The third kappa shape index (κ3) is 6.24. The third-order valence-electron chi connectivity index (χ3n) is 4.47. The second-order valence-electron chi connectivity index (χ2n) is 6.29. The first-order valence-corrected chi connectivity index (χ1v) is 8.22. The monoisotopic (exact) mass is 270 g/mol. The van der Waals surface area contributed by atoms with E-state index in [1.54, 1.807) is 0 Å². The number of aliphatic hydroxyl groups excluding tert-OH is 1. The highest BCUT2D eigenvalue weighted by Gasteiger charge is 2.17. The summed E-state index contributed by atoms with van der Waals surface area (Å²) in [6.07, 6.45) is 12.8. The highest BCUT2D eigenvalue weighted by molar-refractivity contribution is 4.67. The van der Waals surface area contributed by atoms with Gasteiger partial charge < -0.3 is 14.6 Å². The van der Waals surface area contributed by atoms with Crippen molar-refractivity contribution >= 4 is 0 Å². The van der Waals surface area contributed by atoms with Gasteiger partial charge in [-0.2, -0.15) is 0 Å². The Morgan fingerprint density at radius 3 is 2.16 bits per heavy atom. The van der Waals surface area contributed by atoms with Crippen LogP contribution in [0.3, 0.4) is 0 Å². The topological polar surface area (TPSA) is 38.7 Å². The van der Waals surface area contributed by atoms with Gasteiger partial charge in [0.05, 0.1) is 19.3 Å². The number of rotatable bonds is 7. The number of aliphatic hydroxyl groups is 1. The molecule has 0 aromatic carbocycles. The van der Waals surface area contributed by atoms with E-state index in [0.29, 0.717) is 19.3 Å². The number of hydrogen-bond donors (Lipinski definition) is 1. The maximum Gasteiger partial charge on any atom is 0.101 e. The van der Waals surface area contributed by atoms with E-state index in [1.165, 1.54) is 51.4 Å². The van der Waals surface area contributed by atoms with E-state index in [1.807, 2.05) is 0 Å². The van der Waals surface area contributed by atoms with E-state index in [4.69, 9.17) is 9.47 Å². The van der Waals surface area contributed by atoms with Gasteiger partial charge in [0.1, 0.15) is 6.10 Å². The summed E-state index contributed by atoms with van der Waals surface area (Å²) in [6, 6.07) is 0. The molecule has 0 aliphatic heterocycles. The Kier molecular flexibility index (Phi) is 7.18. The van der Waals surface area contributed by atoms with E-state index in [9.17, 15) is 5.11 Å². The standard InChI is InChI=1S/C16H30O3/c17-15(13-19-16-9-5-2-6-10-16)12-18-11-14-7-3-1-4-8-14/h14-17H,1-13H2. The quantitative estimate of drug-likeness (QED) is 0.771. The molecule has 0 heterocycles. The van der Waals surface area contributed by atoms with E-state index in [-0.39, 0.29) is 0 Å². The average Bonchev–Trinajstić information content (AvgIpc) is 2.47. The Bertz CT molecular complexity index is 220. The zero-order chi connectivity index (χ0) is 13.3. The molecule has 2 aliphatic carbocycles. The molecular formula is C16H30O3. The van der Waals surface area contributed by atoms with Crippen LogP contribution < -0.4 is 0 Å². The van der Waals surface area contributed by atoms with Crippen LogP contribution in [0.2, 0.25) is 0 Å². The number of ether oxygens (including phenoxy) is 2. The van der Waals surface area contributed by atoms with Gasteiger partial charge in [-0.15, -0.1) is 0 Å². The van der Waals surface area contributed by atoms with Crippen LogP contribution in [-0.4, -0.2) is 37.1 Å². The molecule has 1 atom stereocenters. The van der Waals surface area contributed by atoms with E-state index < -0.39 is 6.10 Å². The highest BCUT2D eigenvalue weighted by atomic mass is 16.5. The van der Waals surface area contributed by atoms with Gasteiger partial charge in [0.15, 0.2) is 0 Å². The molecule has 3 heteroatoms. The molecule has 0 amide bonds. The molecule has 0 radical (unpaired) electrons. The summed E-state index contributed by atoms with van der Waals surface area (Å²) in [5, 5.41) is 9.86. The molecule has 2 fully saturated rings. The summed E-state index contributed by atoms with van der Waals surface area (Å²) in [6.45, 7) is 1.69. The minimum absolute atomic E-state index is 0.377. The molecule has 0 aromatic rings. The normalized spacial score (nSPS) is 24.5. The van der Waals surface area contributed by atoms with Gasteiger partial charge in [-0.25, -0.2) is 0 Å². The second-order valence-corrected chi connectivity index (χ2v) is 6.29. The van der Waals surface area contributed by atoms with Crippen molar-refractivity contribution in [2.24, 2.45) is 5.92 Å². The predicted molar refractivity (Wildman–Crippen MR) is 76.2 cm³/mol. The molecular weight excluding hydrogens is 240 g/mol. The molecule has 2 rings (SSSR count). The SMILES string of the molecule is OC(COCC1CCCCC1)COC1CCCCC1. The molecule has 1 unspecified atom stereocenters. The summed E-state index contributed by atoms with van der Waals surface area (Å²) in [5.41, 5.74) is 0. The summed E-state index contributed by atoms with van der Waals surface area (Å²) in [4.78, 5) is 0. The summed E-state index contributed by atoms with van der Waals surface area (Å²) in [5.74, 6) is 0.722. The maximum atomic E-state index is 9.86. The fourth-order valence-corrected chi connectivity index (χ4v) is 3.25. The van der Waals surface area contributed by atoms with Crippen molar-refractivity contribution in [1.29, 1.82) is 0 Å². The Morgan fingerprint density at radius 1 is 0.842 bits per heavy atom. The van der Waals surface area contributed by atoms with Crippen LogP contribution in [0.5, 0.6) is 0 Å². The van der Waals surface area contributed by atoms with Crippen LogP contribution in [0.1, 0.15) is 64.2 Å². The molecule has 19 heavy (non-hydrogen) atoms. The fourth-order valence-electron chi connectivity index (χ4n) is 3.25. The molecule has 0 bridgehead atoms. The lowest BCUT2D eigenvalue weighted by molar-refractivity contribution is -0.0579. The minimum atomic E-state index is -0.453. The fraction of sp³-hybridized carbons (Fsp3) is 1.00. The Hall–Kier alpha value is -0.120. The maximum absolute atomic E-state index is 9.86. The van der Waals surface area contributed by atoms with Crippen LogP contribution in [0.15, 0.2) is 0 Å². The van der Waals surface area contributed by atoms with Crippen LogP contribution in [0.4, 0.5) is 0 Å². The van der Waals surface area contributed by atoms with Crippen molar-refractivity contribution in [3.8, 4) is 0 Å². The van der Waals surface area contributed by atoms with Crippen molar-refractivity contribution < 1.29 is 14.6 Å². The molecule has 0 spiro atoms. The van der Waals surface area contributed by atoms with E-state index in [0.717, 1.165) is 25.4 Å². The predicted octanol–water partition coefficient (Wildman–Crippen LogP) is 3.29. The van der Waals surface area contributed by atoms with Gasteiger partial charge in [0.2, 0.25) is 0 Å². The first kappa shape index (κ1) is 15.3. The average molecular weight is 270 g/mol. The van der Waals surface area contributed by atoms with Crippen molar-refractivity contribution in [3.05, 3.63) is 0 Å². The first-order valence-electron chi connectivity index (χ1n) is 8.22. The van der Waals surface area contributed by atoms with E-state index >= 15 is 0 Å². The third-order valence-corrected chi connectivity index (χ3v) is 4.47. The van der Waals surface area contributed by atoms with Gasteiger partial charge in [0, 0.05) is 6.61 Å². The summed E-state index contributed by atoms with van der Waals surface area (Å²) in [7, 11) is 0. The van der Waals surface area contributed by atoms with Crippen LogP contribution in [0.25, 0.3) is 0 Å². The van der Waals surface area contributed by atoms with E-state index in [2.05, 4.69) is 0 Å². The van der Waals surface area contributed by atoms with Crippen molar-refractivity contribution in [2.45, 2.75) is 76.4 Å². The lowest BCUT2D eigenvalue weighted by atomic mass is 9.90. The molecule has 2 saturated carbocycles. The largest absolute Gasteiger partial charge is 0.388 e. The zero-order valence-corrected chi connectivity index (χ0v) is 12.2. The van der Waals surface area contributed by atoms with Gasteiger partial charge in [-0.3, -0.25) is 0 Å². The van der Waals surface area contributed by atoms with Gasteiger partial charge in [-0.1, -0.05) is 38.5 Å². The zero-order valence-electron chi connectivity index (χ0n) is 12.2. The van der Waals surface area contributed by atoms with Crippen LogP contribution in [0, 0.1) is 5.92 Å². The lowest BCUT2D eigenvalue weighted by Crippen LogP contribution is -2.27. The highest BCUT2D eigenvalue weighted by Crippen LogP contribution is 2.23. The molecule has 3 nitrogen and oxygen atoms in total. The van der Waals surface area contributed by atoms with Crippen molar-refractivity contribution in [1.82, 2.24) is 0 Å². The summed E-state index contributed by atoms with van der Waals surface area (Å²) >= 11 is 0. The van der Waals surface area contributed by atoms with Gasteiger partial charge in [-0.05, 0) is 31.6 Å². The van der Waals surface area contributed by atoms with Gasteiger partial charge >= 0.3 is 0 Å². The second kappa shape index (κ2) is 8.93. The molecule has 0 aromatic heterocycles. The summed E-state index contributed by atoms with van der Waals surface area (Å²) < 4.78 is 11.4. The Balaban J connectivity index is 1.47. The van der Waals surface area contributed by atoms with Gasteiger partial charge in [0.25, 0.3) is 0 Å². The minimum Gasteiger partial charge on any atom is -0.388 e. The molecule has 0 saturated heterocycles. The smallest absolute Gasteiger partial charge is 0.101 e. The Morgan fingerprint density at radius 2 is 1.47 bits per heavy atom. The van der Waals surface area contributed by atoms with Crippen LogP contribution in [-0.2, 0) is 9.47 Å². The lowest BCUT2D eigenvalue weighted by Gasteiger charge is -2.24. The Labute approximate surface area is 117 Å². The van der Waals surface area contributed by atoms with Crippen molar-refractivity contribution in [2.75, 3.05) is 19.8 Å². The molecule has 2 aliphatic rings. The van der Waals surface area contributed by atoms with Crippen LogP contribution >= 0.6 is 0 Å². The molecule has 1 N–H and O–H groups in total.